The molecule has 1 saturated heterocycles. The number of nitrogens with zero attached hydrogens (tertiary/aromatic N) is 3. The zero-order chi connectivity index (χ0) is 15.2. The number of piperidine rings is 1. The number of aryl methyl sites for hydroxylation is 2. The van der Waals surface area contributed by atoms with Crippen LogP contribution in [0.15, 0.2) is 24.7 Å². The molecule has 3 heterocycles. The van der Waals surface area contributed by atoms with Gasteiger partial charge >= 0.3 is 0 Å². The highest BCUT2D eigenvalue weighted by molar-refractivity contribution is 5.94. The topological polar surface area (TPSA) is 61.9 Å². The van der Waals surface area contributed by atoms with Gasteiger partial charge in [-0.25, -0.2) is 0 Å². The van der Waals surface area contributed by atoms with Gasteiger partial charge < -0.3 is 4.90 Å². The molecule has 5 heteroatoms. The third kappa shape index (κ3) is 2.03. The molecule has 1 spiro atoms. The van der Waals surface area contributed by atoms with E-state index in [2.05, 4.69) is 15.2 Å². The quantitative estimate of drug-likeness (QED) is 0.878. The van der Waals surface area contributed by atoms with E-state index in [0.29, 0.717) is 5.56 Å². The van der Waals surface area contributed by atoms with Crippen molar-refractivity contribution in [2.24, 2.45) is 0 Å². The zero-order valence-corrected chi connectivity index (χ0v) is 12.8. The smallest absolute Gasteiger partial charge is 0.255 e. The highest BCUT2D eigenvalue weighted by Crippen LogP contribution is 2.43. The van der Waals surface area contributed by atoms with Gasteiger partial charge in [-0.1, -0.05) is 0 Å². The van der Waals surface area contributed by atoms with Gasteiger partial charge in [0.05, 0.1) is 11.8 Å². The highest BCUT2D eigenvalue weighted by Gasteiger charge is 2.44. The van der Waals surface area contributed by atoms with Crippen LogP contribution in [-0.2, 0) is 11.8 Å². The molecule has 1 N–H and O–H groups in total. The number of nitrogens with one attached hydrogen (secondary N) is 1. The largest absolute Gasteiger partial charge is 0.338 e. The predicted molar refractivity (Wildman–Crippen MR) is 82.7 cm³/mol. The van der Waals surface area contributed by atoms with Crippen LogP contribution in [0.3, 0.4) is 0 Å². The molecular weight excluding hydrogens is 276 g/mol. The number of aromatic nitrogens is 3. The highest BCUT2D eigenvalue weighted by atomic mass is 16.2. The fourth-order valence-corrected chi connectivity index (χ4v) is 4.03. The van der Waals surface area contributed by atoms with Crippen LogP contribution in [-0.4, -0.2) is 39.1 Å². The molecule has 1 amide bonds. The van der Waals surface area contributed by atoms with E-state index in [1.807, 2.05) is 24.1 Å². The number of hydrogen-bond donors (Lipinski definition) is 1. The number of carbonyl (C=O) groups is 1. The third-order valence-corrected chi connectivity index (χ3v) is 5.11. The Kier molecular flexibility index (Phi) is 3.03. The van der Waals surface area contributed by atoms with E-state index in [0.717, 1.165) is 44.3 Å². The number of H-pyrrole nitrogens is 1. The van der Waals surface area contributed by atoms with Gasteiger partial charge in [0.1, 0.15) is 0 Å². The van der Waals surface area contributed by atoms with Gasteiger partial charge in [-0.3, -0.25) is 14.9 Å². The van der Waals surface area contributed by atoms with Gasteiger partial charge in [-0.2, -0.15) is 5.10 Å². The Labute approximate surface area is 129 Å². The van der Waals surface area contributed by atoms with Crippen LogP contribution >= 0.6 is 0 Å². The SMILES string of the molecule is Cc1cncc(C(=O)N2CCCC3(CCc4cn[nH]c43)C2)c1. The van der Waals surface area contributed by atoms with Crippen molar-refractivity contribution in [2.75, 3.05) is 13.1 Å². The fourth-order valence-electron chi connectivity index (χ4n) is 4.03. The minimum atomic E-state index is 0.0804. The lowest BCUT2D eigenvalue weighted by Crippen LogP contribution is -2.47. The minimum Gasteiger partial charge on any atom is -0.338 e. The molecule has 0 saturated carbocycles. The third-order valence-electron chi connectivity index (χ3n) is 5.11. The molecule has 1 aliphatic heterocycles. The number of pyridine rings is 1. The Morgan fingerprint density at radius 1 is 1.32 bits per heavy atom. The summed E-state index contributed by atoms with van der Waals surface area (Å²) in [4.78, 5) is 19.0. The van der Waals surface area contributed by atoms with Crippen LogP contribution in [0.4, 0.5) is 0 Å². The lowest BCUT2D eigenvalue weighted by Gasteiger charge is -2.40. The summed E-state index contributed by atoms with van der Waals surface area (Å²) in [7, 11) is 0. The molecule has 114 valence electrons. The monoisotopic (exact) mass is 296 g/mol. The van der Waals surface area contributed by atoms with Crippen LogP contribution in [0, 0.1) is 6.92 Å². The summed E-state index contributed by atoms with van der Waals surface area (Å²) < 4.78 is 0. The first-order valence-electron chi connectivity index (χ1n) is 7.92. The van der Waals surface area contributed by atoms with E-state index in [1.54, 1.807) is 12.4 Å². The molecule has 2 aromatic rings. The summed E-state index contributed by atoms with van der Waals surface area (Å²) in [6.45, 7) is 3.59. The molecule has 1 unspecified atom stereocenters. The number of fused-ring (bicyclic) bond motifs is 2. The molecule has 0 radical (unpaired) electrons. The Hall–Kier alpha value is -2.17. The summed E-state index contributed by atoms with van der Waals surface area (Å²) in [6.07, 6.45) is 9.76. The van der Waals surface area contributed by atoms with E-state index < -0.39 is 0 Å². The number of hydrogen-bond acceptors (Lipinski definition) is 3. The maximum absolute atomic E-state index is 12.8. The maximum Gasteiger partial charge on any atom is 0.255 e. The second kappa shape index (κ2) is 4.93. The van der Waals surface area contributed by atoms with Gasteiger partial charge in [0.15, 0.2) is 0 Å². The number of aromatic amines is 1. The molecule has 4 rings (SSSR count). The zero-order valence-electron chi connectivity index (χ0n) is 12.8. The number of likely N-dealkylation sites (tertiary alicyclic amines) is 1. The van der Waals surface area contributed by atoms with Crippen molar-refractivity contribution >= 4 is 5.91 Å². The van der Waals surface area contributed by atoms with E-state index >= 15 is 0 Å². The standard InChI is InChI=1S/C17H20N4O/c1-12-7-14(9-18-8-12)16(22)21-6-2-4-17(11-21)5-3-13-10-19-20-15(13)17/h7-10H,2-6,11H2,1H3,(H,19,20). The average Bonchev–Trinajstić information content (AvgIpc) is 3.12. The van der Waals surface area contributed by atoms with Crippen LogP contribution in [0.5, 0.6) is 0 Å². The van der Waals surface area contributed by atoms with Crippen molar-refractivity contribution in [3.8, 4) is 0 Å². The van der Waals surface area contributed by atoms with Crippen LogP contribution in [0.2, 0.25) is 0 Å². The van der Waals surface area contributed by atoms with Crippen molar-refractivity contribution in [3.63, 3.8) is 0 Å². The Morgan fingerprint density at radius 2 is 2.23 bits per heavy atom. The molecule has 1 fully saturated rings. The summed E-state index contributed by atoms with van der Waals surface area (Å²) >= 11 is 0. The van der Waals surface area contributed by atoms with E-state index in [-0.39, 0.29) is 11.3 Å². The maximum atomic E-state index is 12.8. The molecule has 0 bridgehead atoms. The molecule has 22 heavy (non-hydrogen) atoms. The van der Waals surface area contributed by atoms with Crippen molar-refractivity contribution in [1.82, 2.24) is 20.1 Å². The summed E-state index contributed by atoms with van der Waals surface area (Å²) in [5.74, 6) is 0.100. The summed E-state index contributed by atoms with van der Waals surface area (Å²) in [6, 6.07) is 1.92. The van der Waals surface area contributed by atoms with Crippen LogP contribution < -0.4 is 0 Å². The van der Waals surface area contributed by atoms with Gasteiger partial charge in [0.25, 0.3) is 5.91 Å². The van der Waals surface area contributed by atoms with E-state index in [1.165, 1.54) is 11.3 Å². The minimum absolute atomic E-state index is 0.0804. The van der Waals surface area contributed by atoms with E-state index in [4.69, 9.17) is 0 Å². The van der Waals surface area contributed by atoms with Gasteiger partial charge in [-0.05, 0) is 49.8 Å². The first kappa shape index (κ1) is 13.5. The van der Waals surface area contributed by atoms with Crippen molar-refractivity contribution in [1.29, 1.82) is 0 Å². The van der Waals surface area contributed by atoms with E-state index in [9.17, 15) is 4.79 Å². The Bertz CT molecular complexity index is 723. The molecule has 2 aliphatic rings. The first-order chi connectivity index (χ1) is 10.7. The number of rotatable bonds is 1. The lowest BCUT2D eigenvalue weighted by atomic mass is 9.77. The molecule has 5 nitrogen and oxygen atoms in total. The summed E-state index contributed by atoms with van der Waals surface area (Å²) in [5.41, 5.74) is 4.38. The molecular formula is C17H20N4O. The predicted octanol–water partition coefficient (Wildman–Crippen LogP) is 2.23. The van der Waals surface area contributed by atoms with Gasteiger partial charge in [-0.15, -0.1) is 0 Å². The molecule has 0 aromatic carbocycles. The normalized spacial score (nSPS) is 23.8. The lowest BCUT2D eigenvalue weighted by molar-refractivity contribution is 0.0632. The second-order valence-electron chi connectivity index (χ2n) is 6.63. The molecule has 1 aliphatic carbocycles. The molecule has 2 aromatic heterocycles. The van der Waals surface area contributed by atoms with Crippen molar-refractivity contribution < 1.29 is 4.79 Å². The Morgan fingerprint density at radius 3 is 3.09 bits per heavy atom. The average molecular weight is 296 g/mol. The first-order valence-corrected chi connectivity index (χ1v) is 7.92. The van der Waals surface area contributed by atoms with Crippen LogP contribution in [0.1, 0.15) is 46.4 Å². The van der Waals surface area contributed by atoms with Crippen molar-refractivity contribution in [3.05, 3.63) is 47.0 Å². The fraction of sp³-hybridized carbons (Fsp3) is 0.471. The summed E-state index contributed by atoms with van der Waals surface area (Å²) in [5, 5.41) is 7.38. The van der Waals surface area contributed by atoms with Crippen LogP contribution in [0.25, 0.3) is 0 Å². The Balaban J connectivity index is 1.61. The van der Waals surface area contributed by atoms with Crippen molar-refractivity contribution in [2.45, 2.75) is 38.0 Å². The van der Waals surface area contributed by atoms with Gasteiger partial charge in [0.2, 0.25) is 0 Å². The second-order valence-corrected chi connectivity index (χ2v) is 6.63. The number of carbonyl (C=O) groups excluding carboxylic acids is 1. The molecule has 1 atom stereocenters. The number of amides is 1. The van der Waals surface area contributed by atoms with Gasteiger partial charge in [0, 0.05) is 36.6 Å².